The van der Waals surface area contributed by atoms with E-state index < -0.39 is 10.0 Å². The number of nitrogens with zero attached hydrogens (tertiary/aromatic N) is 2. The van der Waals surface area contributed by atoms with Crippen LogP contribution in [0.15, 0.2) is 64.4 Å². The number of methoxy groups -OCH3 is 1. The summed E-state index contributed by atoms with van der Waals surface area (Å²) in [5.41, 5.74) is 1.83. The SMILES string of the molecule is COc1ccc(SCC(=O)Nc2ccc(S(=O)(=O)Nc3nc(C)cc(C)n3)cc2)cc1. The smallest absolute Gasteiger partial charge is 0.264 e. The Kier molecular flexibility index (Phi) is 7.13. The molecule has 0 bridgehead atoms. The Morgan fingerprint density at radius 3 is 2.19 bits per heavy atom. The average molecular weight is 459 g/mol. The van der Waals surface area contributed by atoms with Gasteiger partial charge in [-0.25, -0.2) is 23.1 Å². The van der Waals surface area contributed by atoms with Crippen LogP contribution in [-0.2, 0) is 14.8 Å². The van der Waals surface area contributed by atoms with Crippen molar-refractivity contribution in [3.63, 3.8) is 0 Å². The van der Waals surface area contributed by atoms with Gasteiger partial charge in [0.05, 0.1) is 17.8 Å². The zero-order chi connectivity index (χ0) is 22.4. The van der Waals surface area contributed by atoms with Crippen LogP contribution < -0.4 is 14.8 Å². The fraction of sp³-hybridized carbons (Fsp3) is 0.190. The van der Waals surface area contributed by atoms with Crippen molar-refractivity contribution in [1.29, 1.82) is 0 Å². The van der Waals surface area contributed by atoms with Crippen LogP contribution in [-0.4, -0.2) is 37.2 Å². The number of thioether (sulfide) groups is 1. The Balaban J connectivity index is 1.58. The lowest BCUT2D eigenvalue weighted by Gasteiger charge is -2.09. The first-order valence-corrected chi connectivity index (χ1v) is 11.7. The summed E-state index contributed by atoms with van der Waals surface area (Å²) in [6.07, 6.45) is 0. The van der Waals surface area contributed by atoms with Crippen molar-refractivity contribution < 1.29 is 17.9 Å². The van der Waals surface area contributed by atoms with E-state index in [9.17, 15) is 13.2 Å². The molecule has 1 amide bonds. The van der Waals surface area contributed by atoms with E-state index in [2.05, 4.69) is 20.0 Å². The van der Waals surface area contributed by atoms with Crippen LogP contribution in [0.2, 0.25) is 0 Å². The number of nitrogens with one attached hydrogen (secondary N) is 2. The lowest BCUT2D eigenvalue weighted by molar-refractivity contribution is -0.113. The molecule has 3 aromatic rings. The molecule has 0 aliphatic rings. The molecule has 0 aliphatic heterocycles. The van der Waals surface area contributed by atoms with Crippen molar-refractivity contribution >= 4 is 39.3 Å². The molecule has 8 nitrogen and oxygen atoms in total. The molecule has 31 heavy (non-hydrogen) atoms. The van der Waals surface area contributed by atoms with Crippen molar-refractivity contribution in [3.05, 3.63) is 66.0 Å². The van der Waals surface area contributed by atoms with E-state index in [1.807, 2.05) is 24.3 Å². The van der Waals surface area contributed by atoms with Crippen LogP contribution in [0.4, 0.5) is 11.6 Å². The van der Waals surface area contributed by atoms with Gasteiger partial charge in [-0.3, -0.25) is 4.79 Å². The molecular weight excluding hydrogens is 436 g/mol. The highest BCUT2D eigenvalue weighted by Crippen LogP contribution is 2.22. The van der Waals surface area contributed by atoms with Crippen LogP contribution in [0, 0.1) is 13.8 Å². The molecule has 0 spiro atoms. The van der Waals surface area contributed by atoms with Crippen LogP contribution in [0.5, 0.6) is 5.75 Å². The molecule has 0 atom stereocenters. The number of anilines is 2. The lowest BCUT2D eigenvalue weighted by atomic mass is 10.3. The molecule has 0 saturated heterocycles. The predicted octanol–water partition coefficient (Wildman–Crippen LogP) is 3.63. The number of ether oxygens (including phenoxy) is 1. The molecule has 3 rings (SSSR count). The standard InChI is InChI=1S/C21H22N4O4S2/c1-14-12-15(2)23-21(22-14)25-31(27,28)19-10-4-16(5-11-19)24-20(26)13-30-18-8-6-17(29-3)7-9-18/h4-12H,13H2,1-3H3,(H,24,26)(H,22,23,25). The first-order chi connectivity index (χ1) is 14.7. The topological polar surface area (TPSA) is 110 Å². The van der Waals surface area contributed by atoms with E-state index >= 15 is 0 Å². The number of benzene rings is 2. The fourth-order valence-corrected chi connectivity index (χ4v) is 4.33. The number of rotatable bonds is 8. The third kappa shape index (κ3) is 6.43. The summed E-state index contributed by atoms with van der Waals surface area (Å²) in [6.45, 7) is 3.52. The first-order valence-electron chi connectivity index (χ1n) is 9.27. The summed E-state index contributed by atoms with van der Waals surface area (Å²) in [5.74, 6) is 0.795. The molecule has 0 aliphatic carbocycles. The normalized spacial score (nSPS) is 11.1. The van der Waals surface area contributed by atoms with E-state index in [1.165, 1.54) is 36.0 Å². The molecule has 0 radical (unpaired) electrons. The minimum absolute atomic E-state index is 0.0189. The quantitative estimate of drug-likeness (QED) is 0.496. The molecule has 2 N–H and O–H groups in total. The Labute approximate surface area is 185 Å². The lowest BCUT2D eigenvalue weighted by Crippen LogP contribution is -2.16. The minimum Gasteiger partial charge on any atom is -0.497 e. The van der Waals surface area contributed by atoms with Gasteiger partial charge in [0, 0.05) is 22.0 Å². The molecule has 1 aromatic heterocycles. The van der Waals surface area contributed by atoms with Crippen LogP contribution in [0.1, 0.15) is 11.4 Å². The van der Waals surface area contributed by atoms with E-state index in [0.29, 0.717) is 17.1 Å². The van der Waals surface area contributed by atoms with Gasteiger partial charge in [0.15, 0.2) is 0 Å². The van der Waals surface area contributed by atoms with Gasteiger partial charge in [0.1, 0.15) is 5.75 Å². The van der Waals surface area contributed by atoms with Crippen molar-refractivity contribution in [2.75, 3.05) is 22.9 Å². The third-order valence-corrected chi connectivity index (χ3v) is 6.44. The molecule has 0 saturated carbocycles. The van der Waals surface area contributed by atoms with Gasteiger partial charge in [-0.05, 0) is 68.4 Å². The van der Waals surface area contributed by atoms with E-state index in [1.54, 1.807) is 27.0 Å². The Hall–Kier alpha value is -3.11. The van der Waals surface area contributed by atoms with E-state index in [0.717, 1.165) is 10.6 Å². The van der Waals surface area contributed by atoms with Crippen molar-refractivity contribution in [1.82, 2.24) is 9.97 Å². The third-order valence-electron chi connectivity index (χ3n) is 4.09. The summed E-state index contributed by atoms with van der Waals surface area (Å²) < 4.78 is 32.6. The molecule has 10 heteroatoms. The largest absolute Gasteiger partial charge is 0.497 e. The summed E-state index contributed by atoms with van der Waals surface area (Å²) in [5, 5.41) is 2.75. The summed E-state index contributed by atoms with van der Waals surface area (Å²) >= 11 is 1.39. The van der Waals surface area contributed by atoms with Gasteiger partial charge in [-0.1, -0.05) is 0 Å². The number of amides is 1. The molecule has 1 heterocycles. The highest BCUT2D eigenvalue weighted by atomic mass is 32.2. The fourth-order valence-electron chi connectivity index (χ4n) is 2.69. The minimum atomic E-state index is -3.85. The Morgan fingerprint density at radius 1 is 1.00 bits per heavy atom. The Morgan fingerprint density at radius 2 is 1.61 bits per heavy atom. The summed E-state index contributed by atoms with van der Waals surface area (Å²) in [4.78, 5) is 21.4. The second-order valence-corrected chi connectivity index (χ2v) is 9.35. The van der Waals surface area contributed by atoms with E-state index in [4.69, 9.17) is 4.74 Å². The number of hydrogen-bond donors (Lipinski definition) is 2. The zero-order valence-corrected chi connectivity index (χ0v) is 18.9. The maximum Gasteiger partial charge on any atom is 0.264 e. The number of sulfonamides is 1. The molecule has 0 fully saturated rings. The number of carbonyl (C=O) groups is 1. The van der Waals surface area contributed by atoms with Crippen molar-refractivity contribution in [3.8, 4) is 5.75 Å². The monoisotopic (exact) mass is 458 g/mol. The maximum absolute atomic E-state index is 12.6. The molecule has 2 aromatic carbocycles. The predicted molar refractivity (Wildman–Crippen MR) is 121 cm³/mol. The average Bonchev–Trinajstić information content (AvgIpc) is 2.72. The van der Waals surface area contributed by atoms with Crippen molar-refractivity contribution in [2.24, 2.45) is 0 Å². The van der Waals surface area contributed by atoms with Gasteiger partial charge in [0.25, 0.3) is 10.0 Å². The van der Waals surface area contributed by atoms with Gasteiger partial charge in [0.2, 0.25) is 11.9 Å². The van der Waals surface area contributed by atoms with Gasteiger partial charge < -0.3 is 10.1 Å². The van der Waals surface area contributed by atoms with Crippen LogP contribution in [0.25, 0.3) is 0 Å². The summed E-state index contributed by atoms with van der Waals surface area (Å²) in [6, 6.07) is 15.1. The first kappa shape index (κ1) is 22.6. The molecule has 0 unspecified atom stereocenters. The highest BCUT2D eigenvalue weighted by molar-refractivity contribution is 8.00. The second kappa shape index (κ2) is 9.80. The zero-order valence-electron chi connectivity index (χ0n) is 17.2. The number of hydrogen-bond acceptors (Lipinski definition) is 7. The number of carbonyl (C=O) groups excluding carboxylic acids is 1. The van der Waals surface area contributed by atoms with Gasteiger partial charge in [-0.2, -0.15) is 0 Å². The van der Waals surface area contributed by atoms with Gasteiger partial charge in [-0.15, -0.1) is 11.8 Å². The van der Waals surface area contributed by atoms with Crippen molar-refractivity contribution in [2.45, 2.75) is 23.6 Å². The molecule has 162 valence electrons. The van der Waals surface area contributed by atoms with Crippen LogP contribution in [0.3, 0.4) is 0 Å². The number of aromatic nitrogens is 2. The Bertz CT molecular complexity index is 1140. The van der Waals surface area contributed by atoms with Crippen LogP contribution >= 0.6 is 11.8 Å². The number of aryl methyl sites for hydroxylation is 2. The van der Waals surface area contributed by atoms with Gasteiger partial charge >= 0.3 is 0 Å². The highest BCUT2D eigenvalue weighted by Gasteiger charge is 2.16. The maximum atomic E-state index is 12.6. The summed E-state index contributed by atoms with van der Waals surface area (Å²) in [7, 11) is -2.25. The van der Waals surface area contributed by atoms with E-state index in [-0.39, 0.29) is 22.5 Å². The molecular formula is C21H22N4O4S2. The second-order valence-electron chi connectivity index (χ2n) is 6.62.